The average molecular weight is 228 g/mol. The number of ether oxygens (including phenoxy) is 1. The highest BCUT2D eigenvalue weighted by molar-refractivity contribution is 5.85. The molecule has 0 saturated heterocycles. The minimum atomic E-state index is 0. The Labute approximate surface area is 97.2 Å². The van der Waals surface area contributed by atoms with Gasteiger partial charge in [0.25, 0.3) is 0 Å². The van der Waals surface area contributed by atoms with Gasteiger partial charge in [0.05, 0.1) is 13.2 Å². The molecule has 1 aromatic carbocycles. The van der Waals surface area contributed by atoms with Crippen molar-refractivity contribution in [3.05, 3.63) is 35.9 Å². The van der Waals surface area contributed by atoms with Gasteiger partial charge in [0.2, 0.25) is 0 Å². The van der Waals surface area contributed by atoms with Crippen molar-refractivity contribution in [3.8, 4) is 0 Å². The summed E-state index contributed by atoms with van der Waals surface area (Å²) in [7, 11) is 0. The molecule has 1 fully saturated rings. The van der Waals surface area contributed by atoms with Crippen LogP contribution in [-0.2, 0) is 11.3 Å². The molecule has 0 radical (unpaired) electrons. The van der Waals surface area contributed by atoms with Gasteiger partial charge in [-0.1, -0.05) is 30.3 Å². The minimum absolute atomic E-state index is 0. The first-order valence-corrected chi connectivity index (χ1v) is 5.16. The van der Waals surface area contributed by atoms with Crippen molar-refractivity contribution in [1.29, 1.82) is 0 Å². The van der Waals surface area contributed by atoms with Crippen molar-refractivity contribution in [2.45, 2.75) is 19.4 Å². The molecule has 1 aliphatic carbocycles. The first-order valence-electron chi connectivity index (χ1n) is 5.16. The zero-order chi connectivity index (χ0) is 9.86. The number of rotatable bonds is 5. The van der Waals surface area contributed by atoms with E-state index in [2.05, 4.69) is 12.1 Å². The van der Waals surface area contributed by atoms with Gasteiger partial charge in [-0.3, -0.25) is 0 Å². The highest BCUT2D eigenvalue weighted by Gasteiger charge is 2.41. The summed E-state index contributed by atoms with van der Waals surface area (Å²) >= 11 is 0. The Bertz CT molecular complexity index is 285. The van der Waals surface area contributed by atoms with Crippen molar-refractivity contribution >= 4 is 12.4 Å². The van der Waals surface area contributed by atoms with Gasteiger partial charge in [-0.05, 0) is 18.4 Å². The number of hydrogen-bond acceptors (Lipinski definition) is 2. The van der Waals surface area contributed by atoms with Crippen LogP contribution in [0.3, 0.4) is 0 Å². The largest absolute Gasteiger partial charge is 0.376 e. The van der Waals surface area contributed by atoms with Crippen LogP contribution in [0.2, 0.25) is 0 Å². The average Bonchev–Trinajstić information content (AvgIpc) is 3.00. The van der Waals surface area contributed by atoms with Crippen LogP contribution in [0.25, 0.3) is 0 Å². The minimum Gasteiger partial charge on any atom is -0.376 e. The van der Waals surface area contributed by atoms with Gasteiger partial charge in [-0.2, -0.15) is 0 Å². The lowest BCUT2D eigenvalue weighted by atomic mass is 10.1. The zero-order valence-electron chi connectivity index (χ0n) is 8.82. The summed E-state index contributed by atoms with van der Waals surface area (Å²) in [6.45, 7) is 2.29. The van der Waals surface area contributed by atoms with Crippen LogP contribution in [0.5, 0.6) is 0 Å². The first kappa shape index (κ1) is 12.5. The second-order valence-electron chi connectivity index (χ2n) is 4.18. The number of hydrogen-bond donors (Lipinski definition) is 1. The molecule has 0 atom stereocenters. The smallest absolute Gasteiger partial charge is 0.0717 e. The maximum Gasteiger partial charge on any atom is 0.0717 e. The van der Waals surface area contributed by atoms with Gasteiger partial charge in [0, 0.05) is 12.0 Å². The van der Waals surface area contributed by atoms with E-state index in [1.165, 1.54) is 18.4 Å². The summed E-state index contributed by atoms with van der Waals surface area (Å²) in [5.74, 6) is 0. The Morgan fingerprint density at radius 2 is 1.87 bits per heavy atom. The lowest BCUT2D eigenvalue weighted by Crippen LogP contribution is -2.21. The quantitative estimate of drug-likeness (QED) is 0.838. The fourth-order valence-electron chi connectivity index (χ4n) is 1.54. The lowest BCUT2D eigenvalue weighted by molar-refractivity contribution is 0.0808. The Morgan fingerprint density at radius 1 is 1.20 bits per heavy atom. The zero-order valence-corrected chi connectivity index (χ0v) is 9.63. The van der Waals surface area contributed by atoms with Crippen LogP contribution >= 0.6 is 12.4 Å². The predicted molar refractivity (Wildman–Crippen MR) is 64.1 cm³/mol. The van der Waals surface area contributed by atoms with E-state index in [9.17, 15) is 0 Å². The van der Waals surface area contributed by atoms with E-state index in [0.29, 0.717) is 12.0 Å². The molecule has 1 aliphatic rings. The summed E-state index contributed by atoms with van der Waals surface area (Å²) in [6.07, 6.45) is 2.47. The van der Waals surface area contributed by atoms with Gasteiger partial charge >= 0.3 is 0 Å². The van der Waals surface area contributed by atoms with Crippen molar-refractivity contribution < 1.29 is 4.74 Å². The molecule has 2 rings (SSSR count). The van der Waals surface area contributed by atoms with Gasteiger partial charge < -0.3 is 10.5 Å². The monoisotopic (exact) mass is 227 g/mol. The highest BCUT2D eigenvalue weighted by atomic mass is 35.5. The summed E-state index contributed by atoms with van der Waals surface area (Å²) in [5.41, 5.74) is 7.23. The van der Waals surface area contributed by atoms with E-state index < -0.39 is 0 Å². The molecule has 15 heavy (non-hydrogen) atoms. The van der Waals surface area contributed by atoms with Crippen LogP contribution in [0.4, 0.5) is 0 Å². The second-order valence-corrected chi connectivity index (χ2v) is 4.18. The number of halogens is 1. The van der Waals surface area contributed by atoms with Gasteiger partial charge in [-0.25, -0.2) is 0 Å². The van der Waals surface area contributed by atoms with Crippen molar-refractivity contribution in [2.24, 2.45) is 11.1 Å². The number of benzene rings is 1. The highest BCUT2D eigenvalue weighted by Crippen LogP contribution is 2.44. The van der Waals surface area contributed by atoms with E-state index in [-0.39, 0.29) is 12.4 Å². The summed E-state index contributed by atoms with van der Waals surface area (Å²) in [5, 5.41) is 0. The fraction of sp³-hybridized carbons (Fsp3) is 0.500. The third kappa shape index (κ3) is 3.49. The standard InChI is InChI=1S/C12H17NO.ClH/c13-9-12(6-7-12)10-14-8-11-4-2-1-3-5-11;/h1-5H,6-10,13H2;1H. The molecule has 1 saturated carbocycles. The molecule has 2 nitrogen and oxygen atoms in total. The van der Waals surface area contributed by atoms with Crippen molar-refractivity contribution in [1.82, 2.24) is 0 Å². The molecule has 0 aliphatic heterocycles. The molecular weight excluding hydrogens is 210 g/mol. The third-order valence-electron chi connectivity index (χ3n) is 2.91. The molecule has 0 bridgehead atoms. The molecule has 0 heterocycles. The van der Waals surface area contributed by atoms with E-state index in [4.69, 9.17) is 10.5 Å². The molecular formula is C12H18ClNO. The van der Waals surface area contributed by atoms with Crippen molar-refractivity contribution in [2.75, 3.05) is 13.2 Å². The molecule has 1 aromatic rings. The van der Waals surface area contributed by atoms with Crippen molar-refractivity contribution in [3.63, 3.8) is 0 Å². The van der Waals surface area contributed by atoms with Crippen LogP contribution in [-0.4, -0.2) is 13.2 Å². The van der Waals surface area contributed by atoms with E-state index in [0.717, 1.165) is 13.2 Å². The Balaban J connectivity index is 0.00000112. The predicted octanol–water partition coefficient (Wildman–Crippen LogP) is 2.36. The van der Waals surface area contributed by atoms with Crippen LogP contribution in [0.1, 0.15) is 18.4 Å². The third-order valence-corrected chi connectivity index (χ3v) is 2.91. The van der Waals surface area contributed by atoms with E-state index >= 15 is 0 Å². The SMILES string of the molecule is Cl.NCC1(COCc2ccccc2)CC1. The van der Waals surface area contributed by atoms with E-state index in [1.807, 2.05) is 18.2 Å². The Morgan fingerprint density at radius 3 is 2.40 bits per heavy atom. The molecule has 2 N–H and O–H groups in total. The topological polar surface area (TPSA) is 35.2 Å². The molecule has 0 spiro atoms. The molecule has 0 unspecified atom stereocenters. The Kier molecular flexibility index (Phi) is 4.58. The molecule has 84 valence electrons. The Hall–Kier alpha value is -0.570. The van der Waals surface area contributed by atoms with Gasteiger partial charge in [0.15, 0.2) is 0 Å². The van der Waals surface area contributed by atoms with E-state index in [1.54, 1.807) is 0 Å². The van der Waals surface area contributed by atoms with Crippen LogP contribution in [0, 0.1) is 5.41 Å². The number of nitrogens with two attached hydrogens (primary N) is 1. The maximum absolute atomic E-state index is 5.67. The molecule has 3 heteroatoms. The lowest BCUT2D eigenvalue weighted by Gasteiger charge is -2.12. The first-order chi connectivity index (χ1) is 6.85. The second kappa shape index (κ2) is 5.50. The summed E-state index contributed by atoms with van der Waals surface area (Å²) in [6, 6.07) is 10.3. The van der Waals surface area contributed by atoms with Crippen LogP contribution < -0.4 is 5.73 Å². The summed E-state index contributed by atoms with van der Waals surface area (Å²) < 4.78 is 5.66. The van der Waals surface area contributed by atoms with Gasteiger partial charge in [0.1, 0.15) is 0 Å². The maximum atomic E-state index is 5.67. The molecule has 0 amide bonds. The van der Waals surface area contributed by atoms with Gasteiger partial charge in [-0.15, -0.1) is 12.4 Å². The fourth-order valence-corrected chi connectivity index (χ4v) is 1.54. The normalized spacial score (nSPS) is 16.9. The van der Waals surface area contributed by atoms with Crippen LogP contribution in [0.15, 0.2) is 30.3 Å². The molecule has 0 aromatic heterocycles. The summed E-state index contributed by atoms with van der Waals surface area (Å²) in [4.78, 5) is 0.